The molecular formula is C17H22N2O. The second-order valence-corrected chi connectivity index (χ2v) is 5.57. The van der Waals surface area contributed by atoms with E-state index < -0.39 is 0 Å². The summed E-state index contributed by atoms with van der Waals surface area (Å²) in [5, 5.41) is 4.69. The van der Waals surface area contributed by atoms with Crippen molar-refractivity contribution in [3.63, 3.8) is 0 Å². The van der Waals surface area contributed by atoms with Crippen LogP contribution in [0.2, 0.25) is 0 Å². The monoisotopic (exact) mass is 270 g/mol. The van der Waals surface area contributed by atoms with Gasteiger partial charge in [-0.25, -0.2) is 0 Å². The predicted molar refractivity (Wildman–Crippen MR) is 82.1 cm³/mol. The standard InChI is InChI=1S/C17H22N2O/c1-2-5-15(11-18-14-8-9-14)20-16-10-13-6-3-4-7-17(13)19-12-16/h3-4,6-7,10,12,14-15,18H,2,5,8-9,11H2,1H3. The number of para-hydroxylation sites is 1. The molecule has 20 heavy (non-hydrogen) atoms. The molecule has 2 aromatic rings. The maximum Gasteiger partial charge on any atom is 0.138 e. The molecule has 106 valence electrons. The molecule has 0 amide bonds. The zero-order chi connectivity index (χ0) is 13.8. The Morgan fingerprint density at radius 3 is 3.00 bits per heavy atom. The Hall–Kier alpha value is -1.61. The molecule has 1 N–H and O–H groups in total. The summed E-state index contributed by atoms with van der Waals surface area (Å²) >= 11 is 0. The van der Waals surface area contributed by atoms with E-state index in [1.165, 1.54) is 12.8 Å². The Balaban J connectivity index is 1.67. The predicted octanol–water partition coefficient (Wildman–Crippen LogP) is 3.53. The van der Waals surface area contributed by atoms with Crippen LogP contribution in [-0.4, -0.2) is 23.7 Å². The Labute approximate surface area is 120 Å². The number of rotatable bonds is 7. The van der Waals surface area contributed by atoms with Crippen LogP contribution < -0.4 is 10.1 Å². The maximum atomic E-state index is 6.12. The summed E-state index contributed by atoms with van der Waals surface area (Å²) in [4.78, 5) is 4.46. The molecule has 1 aromatic heterocycles. The van der Waals surface area contributed by atoms with Crippen LogP contribution in [0.4, 0.5) is 0 Å². The van der Waals surface area contributed by atoms with Gasteiger partial charge in [-0.1, -0.05) is 31.5 Å². The van der Waals surface area contributed by atoms with Crippen molar-refractivity contribution in [1.29, 1.82) is 0 Å². The minimum Gasteiger partial charge on any atom is -0.487 e. The first-order chi connectivity index (χ1) is 9.85. The molecule has 1 fully saturated rings. The van der Waals surface area contributed by atoms with E-state index >= 15 is 0 Å². The molecule has 0 radical (unpaired) electrons. The second kappa shape index (κ2) is 6.23. The second-order valence-electron chi connectivity index (χ2n) is 5.57. The van der Waals surface area contributed by atoms with Crippen molar-refractivity contribution in [1.82, 2.24) is 10.3 Å². The normalized spacial score (nSPS) is 16.2. The highest BCUT2D eigenvalue weighted by Gasteiger charge is 2.22. The van der Waals surface area contributed by atoms with Gasteiger partial charge in [0, 0.05) is 18.0 Å². The van der Waals surface area contributed by atoms with E-state index in [0.29, 0.717) is 0 Å². The topological polar surface area (TPSA) is 34.1 Å². The van der Waals surface area contributed by atoms with Gasteiger partial charge < -0.3 is 10.1 Å². The highest BCUT2D eigenvalue weighted by atomic mass is 16.5. The van der Waals surface area contributed by atoms with Crippen LogP contribution in [0.25, 0.3) is 10.9 Å². The molecule has 1 atom stereocenters. The largest absolute Gasteiger partial charge is 0.487 e. The van der Waals surface area contributed by atoms with Gasteiger partial charge in [0.25, 0.3) is 0 Å². The van der Waals surface area contributed by atoms with Crippen molar-refractivity contribution >= 4 is 10.9 Å². The first-order valence-corrected chi connectivity index (χ1v) is 7.60. The van der Waals surface area contributed by atoms with E-state index in [2.05, 4.69) is 29.4 Å². The first kappa shape index (κ1) is 13.4. The lowest BCUT2D eigenvalue weighted by Crippen LogP contribution is -2.32. The van der Waals surface area contributed by atoms with E-state index in [-0.39, 0.29) is 6.10 Å². The molecular weight excluding hydrogens is 248 g/mol. The molecule has 1 unspecified atom stereocenters. The van der Waals surface area contributed by atoms with Crippen molar-refractivity contribution in [3.05, 3.63) is 36.5 Å². The lowest BCUT2D eigenvalue weighted by atomic mass is 10.2. The molecule has 0 saturated heterocycles. The number of fused-ring (bicyclic) bond motifs is 1. The van der Waals surface area contributed by atoms with Crippen molar-refractivity contribution in [2.24, 2.45) is 0 Å². The van der Waals surface area contributed by atoms with Crippen molar-refractivity contribution in [2.75, 3.05) is 6.54 Å². The fraction of sp³-hybridized carbons (Fsp3) is 0.471. The summed E-state index contributed by atoms with van der Waals surface area (Å²) in [6, 6.07) is 11.0. The third-order valence-corrected chi connectivity index (χ3v) is 3.69. The van der Waals surface area contributed by atoms with Gasteiger partial charge in [-0.05, 0) is 31.4 Å². The van der Waals surface area contributed by atoms with Crippen molar-refractivity contribution in [2.45, 2.75) is 44.8 Å². The lowest BCUT2D eigenvalue weighted by molar-refractivity contribution is 0.185. The smallest absolute Gasteiger partial charge is 0.138 e. The van der Waals surface area contributed by atoms with Gasteiger partial charge in [-0.15, -0.1) is 0 Å². The highest BCUT2D eigenvalue weighted by molar-refractivity contribution is 5.79. The number of aromatic nitrogens is 1. The number of hydrogen-bond donors (Lipinski definition) is 1. The van der Waals surface area contributed by atoms with E-state index in [1.807, 2.05) is 24.4 Å². The molecule has 1 aliphatic carbocycles. The maximum absolute atomic E-state index is 6.12. The van der Waals surface area contributed by atoms with Crippen molar-refractivity contribution in [3.8, 4) is 5.75 Å². The fourth-order valence-electron chi connectivity index (χ4n) is 2.42. The van der Waals surface area contributed by atoms with Gasteiger partial charge in [0.1, 0.15) is 11.9 Å². The van der Waals surface area contributed by atoms with Gasteiger partial charge in [0.15, 0.2) is 0 Å². The summed E-state index contributed by atoms with van der Waals surface area (Å²) in [7, 11) is 0. The van der Waals surface area contributed by atoms with Crippen LogP contribution >= 0.6 is 0 Å². The van der Waals surface area contributed by atoms with Crippen LogP contribution in [0.3, 0.4) is 0 Å². The SMILES string of the molecule is CCCC(CNC1CC1)Oc1cnc2ccccc2c1. The number of benzene rings is 1. The van der Waals surface area contributed by atoms with E-state index in [9.17, 15) is 0 Å². The number of ether oxygens (including phenoxy) is 1. The van der Waals surface area contributed by atoms with Gasteiger partial charge in [0.2, 0.25) is 0 Å². The Bertz CT molecular complexity index is 566. The van der Waals surface area contributed by atoms with Gasteiger partial charge in [-0.2, -0.15) is 0 Å². The average Bonchev–Trinajstić information content (AvgIpc) is 3.29. The molecule has 3 heteroatoms. The van der Waals surface area contributed by atoms with Gasteiger partial charge >= 0.3 is 0 Å². The Morgan fingerprint density at radius 2 is 2.20 bits per heavy atom. The molecule has 0 spiro atoms. The number of nitrogens with zero attached hydrogens (tertiary/aromatic N) is 1. The summed E-state index contributed by atoms with van der Waals surface area (Å²) < 4.78 is 6.12. The van der Waals surface area contributed by atoms with E-state index in [1.54, 1.807) is 0 Å². The average molecular weight is 270 g/mol. The summed E-state index contributed by atoms with van der Waals surface area (Å²) in [6.07, 6.45) is 6.92. The van der Waals surface area contributed by atoms with E-state index in [0.717, 1.165) is 42.1 Å². The van der Waals surface area contributed by atoms with Crippen LogP contribution in [0.15, 0.2) is 36.5 Å². The molecule has 0 aliphatic heterocycles. The molecule has 1 saturated carbocycles. The number of nitrogens with one attached hydrogen (secondary N) is 1. The van der Waals surface area contributed by atoms with Crippen LogP contribution in [0.1, 0.15) is 32.6 Å². The fourth-order valence-corrected chi connectivity index (χ4v) is 2.42. The summed E-state index contributed by atoms with van der Waals surface area (Å²) in [6.45, 7) is 3.14. The summed E-state index contributed by atoms with van der Waals surface area (Å²) in [5.41, 5.74) is 1.02. The number of hydrogen-bond acceptors (Lipinski definition) is 3. The third kappa shape index (κ3) is 3.48. The van der Waals surface area contributed by atoms with Crippen LogP contribution in [-0.2, 0) is 0 Å². The zero-order valence-electron chi connectivity index (χ0n) is 12.0. The molecule has 1 aliphatic rings. The van der Waals surface area contributed by atoms with E-state index in [4.69, 9.17) is 4.74 Å². The van der Waals surface area contributed by atoms with Gasteiger partial charge in [0.05, 0.1) is 11.7 Å². The van der Waals surface area contributed by atoms with Crippen LogP contribution in [0.5, 0.6) is 5.75 Å². The highest BCUT2D eigenvalue weighted by Crippen LogP contribution is 2.21. The molecule has 3 rings (SSSR count). The summed E-state index contributed by atoms with van der Waals surface area (Å²) in [5.74, 6) is 0.875. The van der Waals surface area contributed by atoms with Crippen molar-refractivity contribution < 1.29 is 4.74 Å². The Morgan fingerprint density at radius 1 is 1.35 bits per heavy atom. The first-order valence-electron chi connectivity index (χ1n) is 7.60. The molecule has 0 bridgehead atoms. The third-order valence-electron chi connectivity index (χ3n) is 3.69. The zero-order valence-corrected chi connectivity index (χ0v) is 12.0. The molecule has 3 nitrogen and oxygen atoms in total. The van der Waals surface area contributed by atoms with Gasteiger partial charge in [-0.3, -0.25) is 4.98 Å². The quantitative estimate of drug-likeness (QED) is 0.835. The number of pyridine rings is 1. The Kier molecular flexibility index (Phi) is 4.16. The minimum atomic E-state index is 0.239. The molecule has 1 aromatic carbocycles. The van der Waals surface area contributed by atoms with Crippen LogP contribution in [0, 0.1) is 0 Å². The lowest BCUT2D eigenvalue weighted by Gasteiger charge is -2.19. The minimum absolute atomic E-state index is 0.239. The molecule has 1 heterocycles.